The van der Waals surface area contributed by atoms with Crippen molar-refractivity contribution in [1.82, 2.24) is 20.0 Å². The van der Waals surface area contributed by atoms with Crippen LogP contribution in [0.15, 0.2) is 42.6 Å². The van der Waals surface area contributed by atoms with Crippen LogP contribution < -0.4 is 0 Å². The average molecular weight is 294 g/mol. The van der Waals surface area contributed by atoms with Crippen LogP contribution in [0.5, 0.6) is 0 Å². The van der Waals surface area contributed by atoms with Gasteiger partial charge in [-0.3, -0.25) is 4.98 Å². The zero-order valence-corrected chi connectivity index (χ0v) is 12.2. The second-order valence-corrected chi connectivity index (χ2v) is 4.99. The van der Waals surface area contributed by atoms with Crippen molar-refractivity contribution in [2.75, 3.05) is 0 Å². The van der Waals surface area contributed by atoms with Crippen LogP contribution >= 0.6 is 0 Å². The Bertz CT molecular complexity index is 841. The van der Waals surface area contributed by atoms with E-state index in [2.05, 4.69) is 15.3 Å². The summed E-state index contributed by atoms with van der Waals surface area (Å²) in [6.45, 7) is 4.01. The van der Waals surface area contributed by atoms with Gasteiger partial charge in [-0.2, -0.15) is 0 Å². The lowest BCUT2D eigenvalue weighted by Crippen LogP contribution is -2.04. The number of nitrogens with zero attached hydrogens (tertiary/aromatic N) is 4. The third-order valence-electron chi connectivity index (χ3n) is 3.52. The molecule has 1 N–H and O–H groups in total. The van der Waals surface area contributed by atoms with E-state index in [0.717, 1.165) is 16.8 Å². The van der Waals surface area contributed by atoms with Crippen LogP contribution in [0, 0.1) is 13.8 Å². The molecule has 2 aromatic heterocycles. The molecule has 3 rings (SSSR count). The monoisotopic (exact) mass is 294 g/mol. The molecule has 0 amide bonds. The number of carbonyl (C=O) groups is 1. The number of pyridine rings is 1. The van der Waals surface area contributed by atoms with Crippen molar-refractivity contribution >= 4 is 5.97 Å². The largest absolute Gasteiger partial charge is 0.476 e. The van der Waals surface area contributed by atoms with Gasteiger partial charge < -0.3 is 5.11 Å². The number of carboxylic acid groups (broad SMARTS) is 1. The van der Waals surface area contributed by atoms with Crippen LogP contribution in [0.4, 0.5) is 0 Å². The highest BCUT2D eigenvalue weighted by molar-refractivity contribution is 5.92. The number of carboxylic acids is 1. The molecule has 0 atom stereocenters. The van der Waals surface area contributed by atoms with Gasteiger partial charge in [0, 0.05) is 6.20 Å². The van der Waals surface area contributed by atoms with Gasteiger partial charge in [0.05, 0.1) is 11.4 Å². The van der Waals surface area contributed by atoms with E-state index in [0.29, 0.717) is 11.4 Å². The minimum absolute atomic E-state index is 0.114. The Kier molecular flexibility index (Phi) is 3.42. The fourth-order valence-electron chi connectivity index (χ4n) is 2.20. The standard InChI is InChI=1S/C16H14N4O2/c1-10-6-7-12(9-11(10)2)20-15(13-5-3-4-8-17-13)14(16(21)22)18-19-20/h3-9H,1-2H3,(H,21,22). The van der Waals surface area contributed by atoms with Crippen LogP contribution in [0.2, 0.25) is 0 Å². The van der Waals surface area contributed by atoms with Crippen molar-refractivity contribution < 1.29 is 9.90 Å². The molecule has 2 heterocycles. The Morgan fingerprint density at radius 3 is 2.59 bits per heavy atom. The fourth-order valence-corrected chi connectivity index (χ4v) is 2.20. The van der Waals surface area contributed by atoms with Gasteiger partial charge in [0.2, 0.25) is 0 Å². The quantitative estimate of drug-likeness (QED) is 0.803. The molecule has 0 aliphatic heterocycles. The highest BCUT2D eigenvalue weighted by atomic mass is 16.4. The summed E-state index contributed by atoms with van der Waals surface area (Å²) in [5.74, 6) is -1.13. The molecule has 0 fully saturated rings. The van der Waals surface area contributed by atoms with Crippen molar-refractivity contribution in [2.24, 2.45) is 0 Å². The van der Waals surface area contributed by atoms with Gasteiger partial charge in [-0.15, -0.1) is 5.10 Å². The summed E-state index contributed by atoms with van der Waals surface area (Å²) >= 11 is 0. The van der Waals surface area contributed by atoms with Crippen molar-refractivity contribution in [3.05, 3.63) is 59.4 Å². The molecule has 22 heavy (non-hydrogen) atoms. The zero-order valence-electron chi connectivity index (χ0n) is 12.2. The lowest BCUT2D eigenvalue weighted by molar-refractivity contribution is 0.0691. The van der Waals surface area contributed by atoms with Crippen molar-refractivity contribution in [1.29, 1.82) is 0 Å². The number of aromatic nitrogens is 4. The molecule has 0 unspecified atom stereocenters. The maximum Gasteiger partial charge on any atom is 0.358 e. The summed E-state index contributed by atoms with van der Waals surface area (Å²) in [5, 5.41) is 17.1. The fraction of sp³-hybridized carbons (Fsp3) is 0.125. The molecule has 6 nitrogen and oxygen atoms in total. The Morgan fingerprint density at radius 1 is 1.14 bits per heavy atom. The number of rotatable bonds is 3. The number of hydrogen-bond acceptors (Lipinski definition) is 4. The number of aryl methyl sites for hydroxylation is 2. The summed E-state index contributed by atoms with van der Waals surface area (Å²) in [7, 11) is 0. The Balaban J connectivity index is 2.24. The first-order valence-corrected chi connectivity index (χ1v) is 6.76. The first kappa shape index (κ1) is 13.9. The molecular formula is C16H14N4O2. The molecular weight excluding hydrogens is 280 g/mol. The summed E-state index contributed by atoms with van der Waals surface area (Å²) < 4.78 is 1.51. The molecule has 0 aliphatic rings. The third-order valence-corrected chi connectivity index (χ3v) is 3.52. The maximum absolute atomic E-state index is 11.4. The van der Waals surface area contributed by atoms with Gasteiger partial charge in [-0.05, 0) is 49.2 Å². The van der Waals surface area contributed by atoms with Crippen LogP contribution in [0.1, 0.15) is 21.6 Å². The van der Waals surface area contributed by atoms with Crippen LogP contribution in [0.3, 0.4) is 0 Å². The van der Waals surface area contributed by atoms with Crippen molar-refractivity contribution in [3.8, 4) is 17.1 Å². The number of aromatic carboxylic acids is 1. The smallest absolute Gasteiger partial charge is 0.358 e. The SMILES string of the molecule is Cc1ccc(-n2nnc(C(=O)O)c2-c2ccccn2)cc1C. The van der Waals surface area contributed by atoms with E-state index in [1.807, 2.05) is 32.0 Å². The molecule has 0 radical (unpaired) electrons. The minimum atomic E-state index is -1.13. The van der Waals surface area contributed by atoms with E-state index in [1.54, 1.807) is 24.4 Å². The molecule has 3 aromatic rings. The van der Waals surface area contributed by atoms with E-state index in [4.69, 9.17) is 0 Å². The molecule has 110 valence electrons. The number of hydrogen-bond donors (Lipinski definition) is 1. The van der Waals surface area contributed by atoms with Crippen molar-refractivity contribution in [2.45, 2.75) is 13.8 Å². The van der Waals surface area contributed by atoms with Crippen LogP contribution in [-0.4, -0.2) is 31.1 Å². The van der Waals surface area contributed by atoms with E-state index in [9.17, 15) is 9.90 Å². The van der Waals surface area contributed by atoms with Gasteiger partial charge in [-0.25, -0.2) is 9.48 Å². The molecule has 0 bridgehead atoms. The number of benzene rings is 1. The first-order chi connectivity index (χ1) is 10.6. The topological polar surface area (TPSA) is 80.9 Å². The Labute approximate surface area is 127 Å². The predicted molar refractivity (Wildman–Crippen MR) is 81.0 cm³/mol. The molecule has 0 saturated heterocycles. The summed E-state index contributed by atoms with van der Waals surface area (Å²) in [5.41, 5.74) is 3.78. The van der Waals surface area contributed by atoms with E-state index >= 15 is 0 Å². The highest BCUT2D eigenvalue weighted by Gasteiger charge is 2.22. The van der Waals surface area contributed by atoms with E-state index in [-0.39, 0.29) is 5.69 Å². The molecule has 6 heteroatoms. The lowest BCUT2D eigenvalue weighted by atomic mass is 10.1. The first-order valence-electron chi connectivity index (χ1n) is 6.76. The van der Waals surface area contributed by atoms with Gasteiger partial charge in [-0.1, -0.05) is 17.3 Å². The third kappa shape index (κ3) is 2.35. The van der Waals surface area contributed by atoms with Gasteiger partial charge in [0.15, 0.2) is 5.69 Å². The van der Waals surface area contributed by atoms with E-state index in [1.165, 1.54) is 4.68 Å². The highest BCUT2D eigenvalue weighted by Crippen LogP contribution is 2.24. The Hall–Kier alpha value is -3.02. The van der Waals surface area contributed by atoms with E-state index < -0.39 is 5.97 Å². The predicted octanol–water partition coefficient (Wildman–Crippen LogP) is 2.64. The summed E-state index contributed by atoms with van der Waals surface area (Å²) in [4.78, 5) is 15.6. The maximum atomic E-state index is 11.4. The lowest BCUT2D eigenvalue weighted by Gasteiger charge is -2.08. The second-order valence-electron chi connectivity index (χ2n) is 4.99. The zero-order chi connectivity index (χ0) is 15.7. The molecule has 0 saturated carbocycles. The Morgan fingerprint density at radius 2 is 1.95 bits per heavy atom. The second kappa shape index (κ2) is 5.40. The molecule has 0 spiro atoms. The minimum Gasteiger partial charge on any atom is -0.476 e. The average Bonchev–Trinajstić information content (AvgIpc) is 2.96. The van der Waals surface area contributed by atoms with Crippen LogP contribution in [-0.2, 0) is 0 Å². The summed E-state index contributed by atoms with van der Waals surface area (Å²) in [6, 6.07) is 11.1. The molecule has 1 aromatic carbocycles. The summed E-state index contributed by atoms with van der Waals surface area (Å²) in [6.07, 6.45) is 1.61. The molecule has 0 aliphatic carbocycles. The van der Waals surface area contributed by atoms with Gasteiger partial charge in [0.1, 0.15) is 5.69 Å². The van der Waals surface area contributed by atoms with Gasteiger partial charge >= 0.3 is 5.97 Å². The normalized spacial score (nSPS) is 10.6. The van der Waals surface area contributed by atoms with Gasteiger partial charge in [0.25, 0.3) is 0 Å². The van der Waals surface area contributed by atoms with Crippen LogP contribution in [0.25, 0.3) is 17.1 Å². The van der Waals surface area contributed by atoms with Crippen molar-refractivity contribution in [3.63, 3.8) is 0 Å².